The van der Waals surface area contributed by atoms with Crippen LogP contribution in [0.15, 0.2) is 0 Å². The number of rotatable bonds is 4. The summed E-state index contributed by atoms with van der Waals surface area (Å²) < 4.78 is 0. The van der Waals surface area contributed by atoms with Crippen molar-refractivity contribution in [3.05, 3.63) is 0 Å². The smallest absolute Gasteiger partial charge is 0.233 e. The third-order valence-corrected chi connectivity index (χ3v) is 2.90. The fourth-order valence-electron chi connectivity index (χ4n) is 2.10. The lowest BCUT2D eigenvalue weighted by Crippen LogP contribution is -2.29. The summed E-state index contributed by atoms with van der Waals surface area (Å²) in [6.45, 7) is 0. The Bertz CT molecular complexity index is 153. The second-order valence-corrected chi connectivity index (χ2v) is 3.96. The van der Waals surface area contributed by atoms with E-state index < -0.39 is 0 Å². The van der Waals surface area contributed by atoms with Crippen LogP contribution in [0.4, 0.5) is 0 Å². The topological polar surface area (TPSA) is 55.1 Å². The van der Waals surface area contributed by atoms with Crippen molar-refractivity contribution in [1.29, 1.82) is 0 Å². The van der Waals surface area contributed by atoms with E-state index in [0.717, 1.165) is 12.3 Å². The van der Waals surface area contributed by atoms with Gasteiger partial charge >= 0.3 is 0 Å². The minimum Gasteiger partial charge on any atom is -0.294 e. The molecule has 1 amide bonds. The first-order chi connectivity index (χ1) is 6.33. The molecule has 0 bridgehead atoms. The first-order valence-corrected chi connectivity index (χ1v) is 5.32. The molecule has 1 aliphatic rings. The van der Waals surface area contributed by atoms with Crippen LogP contribution in [0.2, 0.25) is 0 Å². The molecular weight excluding hydrogens is 164 g/mol. The molecule has 0 unspecified atom stereocenters. The molecule has 1 saturated carbocycles. The standard InChI is InChI=1S/C10H20N2O/c11-12-10(13)8-4-7-9-5-2-1-3-6-9/h9H,1-8,11H2,(H,12,13). The van der Waals surface area contributed by atoms with Crippen molar-refractivity contribution in [2.75, 3.05) is 0 Å². The Balaban J connectivity index is 2.01. The highest BCUT2D eigenvalue weighted by molar-refractivity contribution is 5.75. The highest BCUT2D eigenvalue weighted by Gasteiger charge is 2.13. The van der Waals surface area contributed by atoms with Crippen LogP contribution in [-0.4, -0.2) is 5.91 Å². The zero-order valence-corrected chi connectivity index (χ0v) is 8.22. The van der Waals surface area contributed by atoms with Crippen LogP contribution in [0, 0.1) is 5.92 Å². The van der Waals surface area contributed by atoms with Gasteiger partial charge in [0.25, 0.3) is 0 Å². The molecule has 3 nitrogen and oxygen atoms in total. The molecule has 0 saturated heterocycles. The molecule has 1 aliphatic carbocycles. The number of nitrogens with two attached hydrogens (primary N) is 1. The van der Waals surface area contributed by atoms with Crippen molar-refractivity contribution >= 4 is 5.91 Å². The normalized spacial score (nSPS) is 18.5. The van der Waals surface area contributed by atoms with Crippen molar-refractivity contribution in [3.63, 3.8) is 0 Å². The number of hydrogen-bond donors (Lipinski definition) is 2. The SMILES string of the molecule is NNC(=O)CCCC1CCCCC1. The van der Waals surface area contributed by atoms with Crippen LogP contribution in [-0.2, 0) is 4.79 Å². The lowest BCUT2D eigenvalue weighted by Gasteiger charge is -2.20. The predicted octanol–water partition coefficient (Wildman–Crippen LogP) is 1.73. The maximum absolute atomic E-state index is 10.8. The molecule has 1 rings (SSSR count). The molecule has 0 aromatic rings. The van der Waals surface area contributed by atoms with E-state index in [1.165, 1.54) is 38.5 Å². The van der Waals surface area contributed by atoms with Crippen molar-refractivity contribution < 1.29 is 4.79 Å². The van der Waals surface area contributed by atoms with Gasteiger partial charge in [-0.1, -0.05) is 32.1 Å². The van der Waals surface area contributed by atoms with Crippen LogP contribution in [0.3, 0.4) is 0 Å². The Morgan fingerprint density at radius 3 is 2.62 bits per heavy atom. The Morgan fingerprint density at radius 1 is 1.31 bits per heavy atom. The van der Waals surface area contributed by atoms with E-state index in [2.05, 4.69) is 5.43 Å². The van der Waals surface area contributed by atoms with Gasteiger partial charge in [0.05, 0.1) is 0 Å². The van der Waals surface area contributed by atoms with E-state index in [4.69, 9.17) is 5.84 Å². The molecule has 1 fully saturated rings. The summed E-state index contributed by atoms with van der Waals surface area (Å²) >= 11 is 0. The van der Waals surface area contributed by atoms with E-state index in [0.29, 0.717) is 6.42 Å². The molecule has 3 heteroatoms. The van der Waals surface area contributed by atoms with Gasteiger partial charge in [0.1, 0.15) is 0 Å². The summed E-state index contributed by atoms with van der Waals surface area (Å²) in [7, 11) is 0. The zero-order valence-electron chi connectivity index (χ0n) is 8.22. The summed E-state index contributed by atoms with van der Waals surface area (Å²) in [6, 6.07) is 0. The van der Waals surface area contributed by atoms with Crippen molar-refractivity contribution in [2.24, 2.45) is 11.8 Å². The van der Waals surface area contributed by atoms with Gasteiger partial charge in [0.2, 0.25) is 5.91 Å². The summed E-state index contributed by atoms with van der Waals surface area (Å²) in [5.41, 5.74) is 2.16. The van der Waals surface area contributed by atoms with Gasteiger partial charge in [-0.15, -0.1) is 0 Å². The summed E-state index contributed by atoms with van der Waals surface area (Å²) in [5, 5.41) is 0. The highest BCUT2D eigenvalue weighted by atomic mass is 16.2. The Labute approximate surface area is 80.0 Å². The second kappa shape index (κ2) is 5.97. The molecule has 0 aromatic carbocycles. The fourth-order valence-corrected chi connectivity index (χ4v) is 2.10. The van der Waals surface area contributed by atoms with Gasteiger partial charge in [-0.05, 0) is 18.8 Å². The predicted molar refractivity (Wildman–Crippen MR) is 52.8 cm³/mol. The number of nitrogens with one attached hydrogen (secondary N) is 1. The third kappa shape index (κ3) is 4.27. The lowest BCUT2D eigenvalue weighted by atomic mass is 9.86. The molecule has 13 heavy (non-hydrogen) atoms. The fraction of sp³-hybridized carbons (Fsp3) is 0.900. The summed E-state index contributed by atoms with van der Waals surface area (Å²) in [4.78, 5) is 10.8. The monoisotopic (exact) mass is 184 g/mol. The maximum Gasteiger partial charge on any atom is 0.233 e. The molecule has 0 atom stereocenters. The minimum atomic E-state index is -0.0317. The summed E-state index contributed by atoms with van der Waals surface area (Å²) in [6.07, 6.45) is 9.68. The Kier molecular flexibility index (Phi) is 4.83. The molecule has 0 aromatic heterocycles. The second-order valence-electron chi connectivity index (χ2n) is 3.96. The lowest BCUT2D eigenvalue weighted by molar-refractivity contribution is -0.121. The number of hydrogen-bond acceptors (Lipinski definition) is 2. The van der Waals surface area contributed by atoms with Crippen LogP contribution < -0.4 is 11.3 Å². The number of amides is 1. The molecule has 0 heterocycles. The van der Waals surface area contributed by atoms with Crippen LogP contribution >= 0.6 is 0 Å². The summed E-state index contributed by atoms with van der Waals surface area (Å²) in [5.74, 6) is 5.83. The van der Waals surface area contributed by atoms with Crippen molar-refractivity contribution in [2.45, 2.75) is 51.4 Å². The van der Waals surface area contributed by atoms with E-state index in [9.17, 15) is 4.79 Å². The van der Waals surface area contributed by atoms with Crippen molar-refractivity contribution in [3.8, 4) is 0 Å². The third-order valence-electron chi connectivity index (χ3n) is 2.90. The molecule has 0 aliphatic heterocycles. The number of carbonyl (C=O) groups excluding carboxylic acids is 1. The van der Waals surface area contributed by atoms with Crippen LogP contribution in [0.25, 0.3) is 0 Å². The highest BCUT2D eigenvalue weighted by Crippen LogP contribution is 2.27. The number of hydrazine groups is 1. The minimum absolute atomic E-state index is 0.0317. The average Bonchev–Trinajstić information content (AvgIpc) is 2.19. The van der Waals surface area contributed by atoms with Gasteiger partial charge < -0.3 is 0 Å². The van der Waals surface area contributed by atoms with E-state index in [1.807, 2.05) is 0 Å². The van der Waals surface area contributed by atoms with Crippen molar-refractivity contribution in [1.82, 2.24) is 5.43 Å². The quantitative estimate of drug-likeness (QED) is 0.397. The first kappa shape index (κ1) is 10.5. The molecule has 0 radical (unpaired) electrons. The maximum atomic E-state index is 10.8. The molecule has 76 valence electrons. The first-order valence-electron chi connectivity index (χ1n) is 5.32. The molecule has 0 spiro atoms. The van der Waals surface area contributed by atoms with Crippen LogP contribution in [0.5, 0.6) is 0 Å². The molecule has 3 N–H and O–H groups in total. The van der Waals surface area contributed by atoms with Gasteiger partial charge in [-0.25, -0.2) is 5.84 Å². The zero-order chi connectivity index (χ0) is 9.52. The van der Waals surface area contributed by atoms with E-state index in [1.54, 1.807) is 0 Å². The van der Waals surface area contributed by atoms with Crippen LogP contribution in [0.1, 0.15) is 51.4 Å². The Hall–Kier alpha value is -0.570. The van der Waals surface area contributed by atoms with Gasteiger partial charge in [0, 0.05) is 6.42 Å². The van der Waals surface area contributed by atoms with E-state index in [-0.39, 0.29) is 5.91 Å². The largest absolute Gasteiger partial charge is 0.294 e. The Morgan fingerprint density at radius 2 is 2.00 bits per heavy atom. The number of carbonyl (C=O) groups is 1. The van der Waals surface area contributed by atoms with Gasteiger partial charge in [-0.2, -0.15) is 0 Å². The van der Waals surface area contributed by atoms with E-state index >= 15 is 0 Å². The molecular formula is C10H20N2O. The average molecular weight is 184 g/mol. The van der Waals surface area contributed by atoms with Gasteiger partial charge in [0.15, 0.2) is 0 Å². The van der Waals surface area contributed by atoms with Gasteiger partial charge in [-0.3, -0.25) is 10.2 Å².